The molecule has 0 saturated carbocycles. The zero-order valence-corrected chi connectivity index (χ0v) is 18.4. The number of hydrogen-bond donors (Lipinski definition) is 2. The van der Waals surface area contributed by atoms with Crippen molar-refractivity contribution in [1.29, 1.82) is 0 Å². The third-order valence-corrected chi connectivity index (χ3v) is 5.27. The van der Waals surface area contributed by atoms with E-state index >= 15 is 0 Å². The topological polar surface area (TPSA) is 89.0 Å². The monoisotopic (exact) mass is 447 g/mol. The van der Waals surface area contributed by atoms with Crippen molar-refractivity contribution in [3.05, 3.63) is 103 Å². The first-order chi connectivity index (χ1) is 16.6. The lowest BCUT2D eigenvalue weighted by Crippen LogP contribution is -2.16. The molecule has 0 spiro atoms. The molecule has 166 valence electrons. The molecule has 0 radical (unpaired) electrons. The molecule has 0 saturated heterocycles. The minimum atomic E-state index is -0.570. The lowest BCUT2D eigenvalue weighted by atomic mass is 10.1. The maximum atomic E-state index is 12.5. The molecule has 2 heterocycles. The second kappa shape index (κ2) is 9.38. The summed E-state index contributed by atoms with van der Waals surface area (Å²) in [5, 5.41) is 8.10. The molecular weight excluding hydrogens is 426 g/mol. The molecule has 1 amide bonds. The van der Waals surface area contributed by atoms with E-state index in [0.717, 1.165) is 33.3 Å². The van der Waals surface area contributed by atoms with Crippen molar-refractivity contribution in [2.24, 2.45) is 0 Å². The lowest BCUT2D eigenvalue weighted by Gasteiger charge is -2.12. The van der Waals surface area contributed by atoms with E-state index in [0.29, 0.717) is 17.4 Å². The van der Waals surface area contributed by atoms with Crippen LogP contribution in [0.5, 0.6) is 5.75 Å². The van der Waals surface area contributed by atoms with E-state index in [2.05, 4.69) is 25.6 Å². The summed E-state index contributed by atoms with van der Waals surface area (Å²) in [6.07, 6.45) is 4.59. The number of aryl methyl sites for hydroxylation is 1. The molecule has 0 aliphatic heterocycles. The van der Waals surface area contributed by atoms with Gasteiger partial charge in [-0.2, -0.15) is 0 Å². The Bertz CT molecular complexity index is 1470. The number of pyridine rings is 1. The number of carbonyl (C=O) groups excluding carboxylic acids is 1. The molecule has 0 bridgehead atoms. The molecule has 3 aromatic carbocycles. The van der Waals surface area contributed by atoms with Crippen LogP contribution in [0.1, 0.15) is 5.56 Å². The first-order valence-corrected chi connectivity index (χ1v) is 10.7. The fourth-order valence-electron chi connectivity index (χ4n) is 3.53. The van der Waals surface area contributed by atoms with Crippen molar-refractivity contribution in [2.75, 3.05) is 10.6 Å². The van der Waals surface area contributed by atoms with Gasteiger partial charge in [-0.3, -0.25) is 10.3 Å². The SMILES string of the molecule is Cc1ccc(NC(=O)Oc2ccc3ccccc3c2)cc1Nc1nccc(-c2cccnc2)n1. The van der Waals surface area contributed by atoms with Gasteiger partial charge in [-0.05, 0) is 65.7 Å². The fraction of sp³-hybridized carbons (Fsp3) is 0.0370. The zero-order valence-electron chi connectivity index (χ0n) is 18.4. The van der Waals surface area contributed by atoms with E-state index in [1.165, 1.54) is 0 Å². The summed E-state index contributed by atoms with van der Waals surface area (Å²) >= 11 is 0. The number of rotatable bonds is 5. The van der Waals surface area contributed by atoms with Crippen LogP contribution in [0.3, 0.4) is 0 Å². The van der Waals surface area contributed by atoms with Crippen LogP contribution in [0.15, 0.2) is 97.5 Å². The third-order valence-electron chi connectivity index (χ3n) is 5.27. The highest BCUT2D eigenvalue weighted by Crippen LogP contribution is 2.25. The lowest BCUT2D eigenvalue weighted by molar-refractivity contribution is 0.215. The molecule has 0 fully saturated rings. The van der Waals surface area contributed by atoms with Crippen molar-refractivity contribution in [1.82, 2.24) is 15.0 Å². The van der Waals surface area contributed by atoms with Crippen LogP contribution in [-0.2, 0) is 0 Å². The van der Waals surface area contributed by atoms with Crippen LogP contribution < -0.4 is 15.4 Å². The Morgan fingerprint density at radius 3 is 2.62 bits per heavy atom. The van der Waals surface area contributed by atoms with Gasteiger partial charge in [0.05, 0.1) is 5.69 Å². The van der Waals surface area contributed by atoms with Crippen LogP contribution in [0.25, 0.3) is 22.0 Å². The molecule has 34 heavy (non-hydrogen) atoms. The molecular formula is C27H21N5O2. The van der Waals surface area contributed by atoms with Crippen molar-refractivity contribution in [3.63, 3.8) is 0 Å². The van der Waals surface area contributed by atoms with Gasteiger partial charge in [-0.15, -0.1) is 0 Å². The van der Waals surface area contributed by atoms with Crippen LogP contribution >= 0.6 is 0 Å². The van der Waals surface area contributed by atoms with E-state index < -0.39 is 6.09 Å². The second-order valence-electron chi connectivity index (χ2n) is 7.69. The van der Waals surface area contributed by atoms with Gasteiger partial charge in [0.1, 0.15) is 5.75 Å². The molecule has 0 unspecified atom stereocenters. The number of anilines is 3. The van der Waals surface area contributed by atoms with E-state index in [1.54, 1.807) is 24.7 Å². The van der Waals surface area contributed by atoms with Crippen molar-refractivity contribution in [3.8, 4) is 17.0 Å². The summed E-state index contributed by atoms with van der Waals surface area (Å²) in [6, 6.07) is 24.6. The number of benzene rings is 3. The number of carbonyl (C=O) groups is 1. The van der Waals surface area contributed by atoms with Gasteiger partial charge in [0, 0.05) is 35.5 Å². The maximum absolute atomic E-state index is 12.5. The number of ether oxygens (including phenoxy) is 1. The van der Waals surface area contributed by atoms with E-state index in [-0.39, 0.29) is 0 Å². The number of nitrogens with zero attached hydrogens (tertiary/aromatic N) is 3. The molecule has 5 rings (SSSR count). The molecule has 7 heteroatoms. The summed E-state index contributed by atoms with van der Waals surface area (Å²) in [6.45, 7) is 1.96. The molecule has 0 atom stereocenters. The quantitative estimate of drug-likeness (QED) is 0.326. The summed E-state index contributed by atoms with van der Waals surface area (Å²) < 4.78 is 5.48. The Morgan fingerprint density at radius 2 is 1.76 bits per heavy atom. The van der Waals surface area contributed by atoms with Gasteiger partial charge in [0.25, 0.3) is 0 Å². The smallest absolute Gasteiger partial charge is 0.410 e. The number of aromatic nitrogens is 3. The highest BCUT2D eigenvalue weighted by atomic mass is 16.6. The number of amides is 1. The van der Waals surface area contributed by atoms with E-state index in [4.69, 9.17) is 4.74 Å². The first kappa shape index (κ1) is 21.1. The molecule has 2 N–H and O–H groups in total. The van der Waals surface area contributed by atoms with Crippen LogP contribution in [0.2, 0.25) is 0 Å². The minimum absolute atomic E-state index is 0.445. The first-order valence-electron chi connectivity index (χ1n) is 10.7. The van der Waals surface area contributed by atoms with Crippen LogP contribution in [0, 0.1) is 6.92 Å². The van der Waals surface area contributed by atoms with Crippen molar-refractivity contribution >= 4 is 34.2 Å². The Balaban J connectivity index is 1.30. The van der Waals surface area contributed by atoms with Gasteiger partial charge in [0.15, 0.2) is 0 Å². The summed E-state index contributed by atoms with van der Waals surface area (Å²) in [4.78, 5) is 25.5. The predicted octanol–water partition coefficient (Wildman–Crippen LogP) is 6.35. The summed E-state index contributed by atoms with van der Waals surface area (Å²) in [7, 11) is 0. The highest BCUT2D eigenvalue weighted by Gasteiger charge is 2.09. The second-order valence-corrected chi connectivity index (χ2v) is 7.69. The van der Waals surface area contributed by atoms with E-state index in [1.807, 2.05) is 79.7 Å². The predicted molar refractivity (Wildman–Crippen MR) is 133 cm³/mol. The average molecular weight is 447 g/mol. The standard InChI is InChI=1S/C27H21N5O2/c1-18-8-10-22(30-27(33)34-23-11-9-19-5-2-3-6-20(19)15-23)16-25(18)32-26-29-14-12-24(31-26)21-7-4-13-28-17-21/h2-17H,1H3,(H,30,33)(H,29,31,32). The largest absolute Gasteiger partial charge is 0.417 e. The zero-order chi connectivity index (χ0) is 23.3. The highest BCUT2D eigenvalue weighted by molar-refractivity contribution is 5.89. The van der Waals surface area contributed by atoms with Gasteiger partial charge in [-0.1, -0.05) is 36.4 Å². The Labute approximate surface area is 196 Å². The summed E-state index contributed by atoms with van der Waals surface area (Å²) in [5.41, 5.74) is 3.99. The number of fused-ring (bicyclic) bond motifs is 1. The van der Waals surface area contributed by atoms with Crippen LogP contribution in [0.4, 0.5) is 22.1 Å². The molecule has 5 aromatic rings. The average Bonchev–Trinajstić information content (AvgIpc) is 2.87. The van der Waals surface area contributed by atoms with Crippen LogP contribution in [-0.4, -0.2) is 21.0 Å². The summed E-state index contributed by atoms with van der Waals surface area (Å²) in [5.74, 6) is 0.919. The maximum Gasteiger partial charge on any atom is 0.417 e. The fourth-order valence-corrected chi connectivity index (χ4v) is 3.53. The molecule has 0 aliphatic carbocycles. The Morgan fingerprint density at radius 1 is 0.882 bits per heavy atom. The molecule has 0 aliphatic rings. The Hall–Kier alpha value is -4.78. The van der Waals surface area contributed by atoms with Gasteiger partial charge in [0.2, 0.25) is 5.95 Å². The number of nitrogens with one attached hydrogen (secondary N) is 2. The van der Waals surface area contributed by atoms with Crippen molar-refractivity contribution in [2.45, 2.75) is 6.92 Å². The minimum Gasteiger partial charge on any atom is -0.410 e. The molecule has 2 aromatic heterocycles. The van der Waals surface area contributed by atoms with E-state index in [9.17, 15) is 4.79 Å². The normalized spacial score (nSPS) is 10.6. The van der Waals surface area contributed by atoms with Gasteiger partial charge in [-0.25, -0.2) is 14.8 Å². The van der Waals surface area contributed by atoms with Crippen molar-refractivity contribution < 1.29 is 9.53 Å². The number of hydrogen-bond acceptors (Lipinski definition) is 6. The molecule has 7 nitrogen and oxygen atoms in total. The van der Waals surface area contributed by atoms with Gasteiger partial charge < -0.3 is 10.1 Å². The third kappa shape index (κ3) is 4.83. The Kier molecular flexibility index (Phi) is 5.82. The van der Waals surface area contributed by atoms with Gasteiger partial charge >= 0.3 is 6.09 Å².